The highest BCUT2D eigenvalue weighted by molar-refractivity contribution is 7.91. The van der Waals surface area contributed by atoms with Crippen molar-refractivity contribution in [2.24, 2.45) is 0 Å². The second-order valence-electron chi connectivity index (χ2n) is 6.28. The van der Waals surface area contributed by atoms with E-state index in [0.717, 1.165) is 32.4 Å². The molecule has 1 fully saturated rings. The molecule has 2 unspecified atom stereocenters. The van der Waals surface area contributed by atoms with Crippen LogP contribution in [0.3, 0.4) is 0 Å². The quantitative estimate of drug-likeness (QED) is 0.775. The van der Waals surface area contributed by atoms with Crippen molar-refractivity contribution in [2.75, 3.05) is 19.3 Å². The molecule has 1 rings (SSSR count). The Morgan fingerprint density at radius 2 is 1.74 bits per heavy atom. The molecular formula is C14H30N2O2S. The SMILES string of the molecule is CC(C)N(CCNC1CCCC1S(C)(=O)=O)C(C)C. The third-order valence-electron chi connectivity index (χ3n) is 4.11. The Morgan fingerprint density at radius 1 is 1.16 bits per heavy atom. The van der Waals surface area contributed by atoms with Crippen LogP contribution in [0.15, 0.2) is 0 Å². The molecule has 0 radical (unpaired) electrons. The summed E-state index contributed by atoms with van der Waals surface area (Å²) >= 11 is 0. The van der Waals surface area contributed by atoms with Gasteiger partial charge in [-0.2, -0.15) is 0 Å². The van der Waals surface area contributed by atoms with Gasteiger partial charge < -0.3 is 5.32 Å². The van der Waals surface area contributed by atoms with Crippen molar-refractivity contribution in [3.05, 3.63) is 0 Å². The Morgan fingerprint density at radius 3 is 2.21 bits per heavy atom. The zero-order chi connectivity index (χ0) is 14.6. The third kappa shape index (κ3) is 5.04. The molecule has 1 N–H and O–H groups in total. The van der Waals surface area contributed by atoms with Crippen LogP contribution in [0.4, 0.5) is 0 Å². The molecule has 0 aromatic carbocycles. The van der Waals surface area contributed by atoms with E-state index in [1.165, 1.54) is 6.26 Å². The maximum atomic E-state index is 11.7. The maximum absolute atomic E-state index is 11.7. The molecule has 5 heteroatoms. The lowest BCUT2D eigenvalue weighted by Gasteiger charge is -2.31. The van der Waals surface area contributed by atoms with Gasteiger partial charge in [0, 0.05) is 37.5 Å². The molecule has 1 aliphatic rings. The minimum atomic E-state index is -2.91. The molecular weight excluding hydrogens is 260 g/mol. The molecule has 0 aliphatic heterocycles. The highest BCUT2D eigenvalue weighted by atomic mass is 32.2. The molecule has 0 heterocycles. The van der Waals surface area contributed by atoms with Crippen molar-refractivity contribution >= 4 is 9.84 Å². The number of nitrogens with zero attached hydrogens (tertiary/aromatic N) is 1. The van der Waals surface area contributed by atoms with Gasteiger partial charge in [-0.25, -0.2) is 8.42 Å². The van der Waals surface area contributed by atoms with Crippen molar-refractivity contribution in [1.29, 1.82) is 0 Å². The predicted molar refractivity (Wildman–Crippen MR) is 81.3 cm³/mol. The fourth-order valence-corrected chi connectivity index (χ4v) is 4.59. The minimum Gasteiger partial charge on any atom is -0.311 e. The highest BCUT2D eigenvalue weighted by Gasteiger charge is 2.34. The maximum Gasteiger partial charge on any atom is 0.151 e. The zero-order valence-corrected chi connectivity index (χ0v) is 13.8. The van der Waals surface area contributed by atoms with Crippen LogP contribution in [-0.2, 0) is 9.84 Å². The minimum absolute atomic E-state index is 0.149. The van der Waals surface area contributed by atoms with Gasteiger partial charge >= 0.3 is 0 Å². The number of hydrogen-bond donors (Lipinski definition) is 1. The van der Waals surface area contributed by atoms with Crippen molar-refractivity contribution < 1.29 is 8.42 Å². The summed E-state index contributed by atoms with van der Waals surface area (Å²) in [5.74, 6) is 0. The largest absolute Gasteiger partial charge is 0.311 e. The third-order valence-corrected chi connectivity index (χ3v) is 5.77. The molecule has 114 valence electrons. The first-order valence-corrected chi connectivity index (χ1v) is 9.37. The van der Waals surface area contributed by atoms with Crippen LogP contribution in [0.2, 0.25) is 0 Å². The lowest BCUT2D eigenvalue weighted by atomic mass is 10.2. The average Bonchev–Trinajstić information content (AvgIpc) is 2.70. The van der Waals surface area contributed by atoms with Gasteiger partial charge in [0.2, 0.25) is 0 Å². The van der Waals surface area contributed by atoms with Crippen molar-refractivity contribution in [2.45, 2.75) is 70.3 Å². The number of sulfone groups is 1. The molecule has 0 aromatic rings. The van der Waals surface area contributed by atoms with E-state index in [0.29, 0.717) is 12.1 Å². The van der Waals surface area contributed by atoms with E-state index >= 15 is 0 Å². The first-order valence-electron chi connectivity index (χ1n) is 7.41. The summed E-state index contributed by atoms with van der Waals surface area (Å²) in [7, 11) is -2.91. The topological polar surface area (TPSA) is 49.4 Å². The van der Waals surface area contributed by atoms with E-state index < -0.39 is 9.84 Å². The van der Waals surface area contributed by atoms with Crippen molar-refractivity contribution in [3.8, 4) is 0 Å². The lowest BCUT2D eigenvalue weighted by Crippen LogP contribution is -2.46. The van der Waals surface area contributed by atoms with Crippen molar-refractivity contribution in [3.63, 3.8) is 0 Å². The van der Waals surface area contributed by atoms with Gasteiger partial charge in [-0.3, -0.25) is 4.90 Å². The van der Waals surface area contributed by atoms with Crippen LogP contribution in [0.25, 0.3) is 0 Å². The number of nitrogens with one attached hydrogen (secondary N) is 1. The Bertz CT molecular complexity index is 358. The lowest BCUT2D eigenvalue weighted by molar-refractivity contribution is 0.174. The summed E-state index contributed by atoms with van der Waals surface area (Å²) in [6.45, 7) is 10.7. The van der Waals surface area contributed by atoms with Crippen LogP contribution in [-0.4, -0.2) is 56.0 Å². The van der Waals surface area contributed by atoms with E-state index in [1.54, 1.807) is 0 Å². The predicted octanol–water partition coefficient (Wildman–Crippen LogP) is 1.66. The monoisotopic (exact) mass is 290 g/mol. The van der Waals surface area contributed by atoms with Gasteiger partial charge in [-0.15, -0.1) is 0 Å². The fourth-order valence-electron chi connectivity index (χ4n) is 3.16. The Hall–Kier alpha value is -0.130. The van der Waals surface area contributed by atoms with E-state index in [9.17, 15) is 8.42 Å². The van der Waals surface area contributed by atoms with E-state index in [-0.39, 0.29) is 11.3 Å². The van der Waals surface area contributed by atoms with Gasteiger partial charge in [-0.05, 0) is 40.5 Å². The van der Waals surface area contributed by atoms with Crippen LogP contribution >= 0.6 is 0 Å². The molecule has 4 nitrogen and oxygen atoms in total. The van der Waals surface area contributed by atoms with Crippen LogP contribution < -0.4 is 5.32 Å². The second kappa shape index (κ2) is 7.04. The summed E-state index contributed by atoms with van der Waals surface area (Å²) < 4.78 is 23.4. The van der Waals surface area contributed by atoms with Gasteiger partial charge in [0.05, 0.1) is 5.25 Å². The van der Waals surface area contributed by atoms with Gasteiger partial charge in [0.15, 0.2) is 9.84 Å². The first-order chi connectivity index (χ1) is 8.73. The molecule has 1 saturated carbocycles. The highest BCUT2D eigenvalue weighted by Crippen LogP contribution is 2.24. The summed E-state index contributed by atoms with van der Waals surface area (Å²) in [5, 5.41) is 3.28. The molecule has 0 amide bonds. The van der Waals surface area contributed by atoms with Crippen molar-refractivity contribution in [1.82, 2.24) is 10.2 Å². The normalized spacial score (nSPS) is 24.8. The molecule has 1 aliphatic carbocycles. The molecule has 0 bridgehead atoms. The molecule has 2 atom stereocenters. The van der Waals surface area contributed by atoms with Gasteiger partial charge in [-0.1, -0.05) is 6.42 Å². The fraction of sp³-hybridized carbons (Fsp3) is 1.00. The van der Waals surface area contributed by atoms with E-state index in [4.69, 9.17) is 0 Å². The summed E-state index contributed by atoms with van der Waals surface area (Å²) in [4.78, 5) is 2.43. The van der Waals surface area contributed by atoms with Gasteiger partial charge in [0.25, 0.3) is 0 Å². The first kappa shape index (κ1) is 16.9. The summed E-state index contributed by atoms with van der Waals surface area (Å²) in [6, 6.07) is 1.20. The zero-order valence-electron chi connectivity index (χ0n) is 13.0. The second-order valence-corrected chi connectivity index (χ2v) is 8.55. The van der Waals surface area contributed by atoms with Crippen LogP contribution in [0, 0.1) is 0 Å². The Labute approximate surface area is 118 Å². The van der Waals surface area contributed by atoms with Gasteiger partial charge in [0.1, 0.15) is 0 Å². The molecule has 19 heavy (non-hydrogen) atoms. The summed E-state index contributed by atoms with van der Waals surface area (Å²) in [6.07, 6.45) is 4.19. The number of rotatable bonds is 7. The van der Waals surface area contributed by atoms with Crippen LogP contribution in [0.1, 0.15) is 47.0 Å². The molecule has 0 aromatic heterocycles. The molecule has 0 spiro atoms. The standard InChI is InChI=1S/C14H30N2O2S/c1-11(2)16(12(3)4)10-9-15-13-7-6-8-14(13)19(5,17)18/h11-15H,6-10H2,1-5H3. The summed E-state index contributed by atoms with van der Waals surface area (Å²) in [5.41, 5.74) is 0. The Kier molecular flexibility index (Phi) is 6.27. The van der Waals surface area contributed by atoms with E-state index in [1.807, 2.05) is 0 Å². The number of hydrogen-bond acceptors (Lipinski definition) is 4. The molecule has 0 saturated heterocycles. The van der Waals surface area contributed by atoms with E-state index in [2.05, 4.69) is 37.9 Å². The smallest absolute Gasteiger partial charge is 0.151 e. The van der Waals surface area contributed by atoms with Crippen LogP contribution in [0.5, 0.6) is 0 Å². The average molecular weight is 290 g/mol. The Balaban J connectivity index is 2.44.